The highest BCUT2D eigenvalue weighted by atomic mass is 127. The van der Waals surface area contributed by atoms with Crippen molar-refractivity contribution in [2.75, 3.05) is 6.61 Å². The summed E-state index contributed by atoms with van der Waals surface area (Å²) >= 11 is 7.40. The van der Waals surface area contributed by atoms with E-state index in [-0.39, 0.29) is 16.9 Å². The SMILES string of the molecule is CC(C)(CO)CC(C)(C)C(I)(I)I. The molecule has 0 aliphatic rings. The van der Waals surface area contributed by atoms with Crippen LogP contribution in [0.25, 0.3) is 0 Å². The summed E-state index contributed by atoms with van der Waals surface area (Å²) in [7, 11) is 0. The molecule has 4 heteroatoms. The average Bonchev–Trinajstić information content (AvgIpc) is 1.83. The molecule has 0 aromatic heterocycles. The highest BCUT2D eigenvalue weighted by Gasteiger charge is 2.41. The first kappa shape index (κ1) is 15.2. The Kier molecular flexibility index (Phi) is 5.81. The van der Waals surface area contributed by atoms with Crippen LogP contribution in [0.4, 0.5) is 0 Å². The third-order valence-corrected chi connectivity index (χ3v) is 6.50. The molecule has 0 radical (unpaired) electrons. The second-order valence-corrected chi connectivity index (χ2v) is 15.9. The zero-order valence-corrected chi connectivity index (χ0v) is 15.0. The number of aliphatic hydroxyl groups excluding tert-OH is 1. The van der Waals surface area contributed by atoms with Crippen molar-refractivity contribution >= 4 is 67.8 Å². The summed E-state index contributed by atoms with van der Waals surface area (Å²) in [4.78, 5) is 0. The van der Waals surface area contributed by atoms with E-state index in [4.69, 9.17) is 0 Å². The molecule has 0 aromatic carbocycles. The van der Waals surface area contributed by atoms with Gasteiger partial charge < -0.3 is 5.11 Å². The van der Waals surface area contributed by atoms with E-state index in [1.807, 2.05) is 0 Å². The summed E-state index contributed by atoms with van der Waals surface area (Å²) in [6.45, 7) is 9.01. The minimum absolute atomic E-state index is 0.0241. The second-order valence-electron chi connectivity index (χ2n) is 4.88. The molecule has 13 heavy (non-hydrogen) atoms. The predicted molar refractivity (Wildman–Crippen MR) is 84.1 cm³/mol. The van der Waals surface area contributed by atoms with E-state index in [0.29, 0.717) is 0 Å². The lowest BCUT2D eigenvalue weighted by Gasteiger charge is -2.39. The molecule has 0 bridgehead atoms. The first-order chi connectivity index (χ1) is 5.52. The van der Waals surface area contributed by atoms with E-state index >= 15 is 0 Å². The second kappa shape index (κ2) is 4.99. The number of rotatable bonds is 4. The minimum Gasteiger partial charge on any atom is -0.396 e. The monoisotopic (exact) mass is 522 g/mol. The lowest BCUT2D eigenvalue weighted by Crippen LogP contribution is -2.34. The van der Waals surface area contributed by atoms with Crippen LogP contribution in [0.2, 0.25) is 0 Å². The Morgan fingerprint density at radius 3 is 1.62 bits per heavy atom. The van der Waals surface area contributed by atoms with Crippen molar-refractivity contribution in [3.05, 3.63) is 0 Å². The van der Waals surface area contributed by atoms with Crippen LogP contribution in [0.15, 0.2) is 0 Å². The number of aliphatic hydroxyl groups is 1. The molecular weight excluding hydrogens is 505 g/mol. The fourth-order valence-corrected chi connectivity index (χ4v) is 1.92. The maximum Gasteiger partial charge on any atom is 0.129 e. The van der Waals surface area contributed by atoms with Crippen LogP contribution in [0.5, 0.6) is 0 Å². The molecule has 1 nitrogen and oxygen atoms in total. The topological polar surface area (TPSA) is 20.2 Å². The Labute approximate surface area is 122 Å². The van der Waals surface area contributed by atoms with Gasteiger partial charge in [0.15, 0.2) is 0 Å². The minimum atomic E-state index is 0.0241. The molecule has 0 rings (SSSR count). The summed E-state index contributed by atoms with van der Waals surface area (Å²) in [5.74, 6) is 0. The molecule has 0 saturated heterocycles. The molecule has 1 N–H and O–H groups in total. The van der Waals surface area contributed by atoms with Gasteiger partial charge in [-0.05, 0) is 17.3 Å². The lowest BCUT2D eigenvalue weighted by molar-refractivity contribution is 0.110. The zero-order chi connectivity index (χ0) is 10.9. The summed E-state index contributed by atoms with van der Waals surface area (Å²) in [5.41, 5.74) is 0.247. The van der Waals surface area contributed by atoms with Crippen LogP contribution in [-0.4, -0.2) is 11.1 Å². The lowest BCUT2D eigenvalue weighted by atomic mass is 9.77. The Hall–Kier alpha value is 2.15. The van der Waals surface area contributed by atoms with Crippen molar-refractivity contribution in [2.24, 2.45) is 10.8 Å². The van der Waals surface area contributed by atoms with Crippen LogP contribution in [0.3, 0.4) is 0 Å². The van der Waals surface area contributed by atoms with Gasteiger partial charge in [-0.25, -0.2) is 0 Å². The van der Waals surface area contributed by atoms with E-state index in [9.17, 15) is 5.11 Å². The molecule has 0 unspecified atom stereocenters. The maximum atomic E-state index is 9.22. The van der Waals surface area contributed by atoms with Crippen LogP contribution < -0.4 is 0 Å². The highest BCUT2D eigenvalue weighted by Crippen LogP contribution is 2.54. The van der Waals surface area contributed by atoms with Crippen molar-refractivity contribution in [3.8, 4) is 0 Å². The Bertz CT molecular complexity index is 170. The molecule has 0 amide bonds. The van der Waals surface area contributed by atoms with Gasteiger partial charge in [-0.2, -0.15) is 0 Å². The van der Waals surface area contributed by atoms with Crippen molar-refractivity contribution < 1.29 is 5.11 Å². The van der Waals surface area contributed by atoms with Gasteiger partial charge in [-0.3, -0.25) is 0 Å². The molecule has 0 saturated carbocycles. The molecule has 0 aromatic rings. The number of alkyl halides is 3. The van der Waals surface area contributed by atoms with Crippen molar-refractivity contribution in [3.63, 3.8) is 0 Å². The summed E-state index contributed by atoms with van der Waals surface area (Å²) in [6.07, 6.45) is 1.03. The van der Waals surface area contributed by atoms with Gasteiger partial charge in [-0.15, -0.1) is 0 Å². The third kappa shape index (κ3) is 5.14. The average molecular weight is 522 g/mol. The zero-order valence-electron chi connectivity index (χ0n) is 8.50. The van der Waals surface area contributed by atoms with Crippen LogP contribution in [0, 0.1) is 10.8 Å². The smallest absolute Gasteiger partial charge is 0.129 e. The van der Waals surface area contributed by atoms with Crippen LogP contribution >= 0.6 is 67.8 Å². The molecule has 0 aliphatic heterocycles. The molecule has 0 heterocycles. The van der Waals surface area contributed by atoms with Crippen molar-refractivity contribution in [1.82, 2.24) is 0 Å². The van der Waals surface area contributed by atoms with Gasteiger partial charge in [0, 0.05) is 6.61 Å². The molecule has 80 valence electrons. The highest BCUT2D eigenvalue weighted by molar-refractivity contribution is 14.3. The number of hydrogen-bond donors (Lipinski definition) is 1. The van der Waals surface area contributed by atoms with Gasteiger partial charge in [0.2, 0.25) is 0 Å². The standard InChI is InChI=1S/C9H17I3O/c1-7(2,6-13)5-8(3,4)9(10,11)12/h13H,5-6H2,1-4H3. The number of hydrogen-bond acceptors (Lipinski definition) is 1. The molecule has 0 atom stereocenters. The molecule has 0 spiro atoms. The summed E-state index contributed by atoms with van der Waals surface area (Å²) < 4.78 is 0.201. The molecular formula is C9H17I3O. The van der Waals surface area contributed by atoms with E-state index in [0.717, 1.165) is 6.42 Å². The van der Waals surface area contributed by atoms with Gasteiger partial charge in [-0.1, -0.05) is 95.5 Å². The third-order valence-electron chi connectivity index (χ3n) is 2.12. The summed E-state index contributed by atoms with van der Waals surface area (Å²) in [5, 5.41) is 9.22. The van der Waals surface area contributed by atoms with Crippen molar-refractivity contribution in [2.45, 2.75) is 33.6 Å². The van der Waals surface area contributed by atoms with Gasteiger partial charge >= 0.3 is 0 Å². The largest absolute Gasteiger partial charge is 0.396 e. The predicted octanol–water partition coefficient (Wildman–Crippen LogP) is 4.38. The normalized spacial score (nSPS) is 14.8. The Morgan fingerprint density at radius 2 is 1.38 bits per heavy atom. The number of halogens is 3. The maximum absolute atomic E-state index is 9.22. The van der Waals surface area contributed by atoms with E-state index in [2.05, 4.69) is 95.5 Å². The fourth-order valence-electron chi connectivity index (χ4n) is 1.35. The fraction of sp³-hybridized carbons (Fsp3) is 1.00. The molecule has 0 fully saturated rings. The van der Waals surface area contributed by atoms with Gasteiger partial charge in [0.1, 0.15) is -0.565 Å². The molecule has 0 aliphatic carbocycles. The first-order valence-corrected chi connectivity index (χ1v) is 7.43. The van der Waals surface area contributed by atoms with Gasteiger partial charge in [0.25, 0.3) is 0 Å². The van der Waals surface area contributed by atoms with Crippen molar-refractivity contribution in [1.29, 1.82) is 0 Å². The quantitative estimate of drug-likeness (QED) is 0.430. The van der Waals surface area contributed by atoms with Crippen LogP contribution in [-0.2, 0) is 0 Å². The van der Waals surface area contributed by atoms with E-state index in [1.165, 1.54) is 0 Å². The van der Waals surface area contributed by atoms with Gasteiger partial charge in [0.05, 0.1) is 0 Å². The van der Waals surface area contributed by atoms with Crippen LogP contribution in [0.1, 0.15) is 34.1 Å². The Morgan fingerprint density at radius 1 is 1.00 bits per heavy atom. The van der Waals surface area contributed by atoms with E-state index in [1.54, 1.807) is 0 Å². The first-order valence-electron chi connectivity index (χ1n) is 4.19. The summed E-state index contributed by atoms with van der Waals surface area (Å²) in [6, 6.07) is 0. The van der Waals surface area contributed by atoms with E-state index < -0.39 is 0 Å². The Balaban J connectivity index is 4.52.